The van der Waals surface area contributed by atoms with Gasteiger partial charge in [-0.1, -0.05) is 31.2 Å². The fourth-order valence-corrected chi connectivity index (χ4v) is 6.28. The second-order valence-corrected chi connectivity index (χ2v) is 11.9. The van der Waals surface area contributed by atoms with E-state index in [0.717, 1.165) is 39.9 Å². The Morgan fingerprint density at radius 1 is 1.07 bits per heavy atom. The third kappa shape index (κ3) is 4.55. The Kier molecular flexibility index (Phi) is 6.10. The van der Waals surface area contributed by atoms with Crippen molar-refractivity contribution >= 4 is 22.3 Å². The molecule has 0 bridgehead atoms. The zero-order valence-electron chi connectivity index (χ0n) is 23.1. The van der Waals surface area contributed by atoms with Gasteiger partial charge in [-0.25, -0.2) is 13.3 Å². The van der Waals surface area contributed by atoms with Gasteiger partial charge in [0.1, 0.15) is 11.9 Å². The quantitative estimate of drug-likeness (QED) is 0.254. The minimum absolute atomic E-state index is 0.125. The predicted molar refractivity (Wildman–Crippen MR) is 155 cm³/mol. The summed E-state index contributed by atoms with van der Waals surface area (Å²) in [7, 11) is 0. The summed E-state index contributed by atoms with van der Waals surface area (Å²) in [5, 5.41) is 15.9. The maximum atomic E-state index is 14.8. The number of fused-ring (bicyclic) bond motifs is 2. The van der Waals surface area contributed by atoms with Crippen molar-refractivity contribution in [2.75, 3.05) is 13.1 Å². The third-order valence-corrected chi connectivity index (χ3v) is 8.59. The number of aryl methyl sites for hydroxylation is 1. The van der Waals surface area contributed by atoms with Crippen molar-refractivity contribution in [3.05, 3.63) is 77.7 Å². The standard InChI is InChI=1S/C33H32F2N4O2/c1-19-12-25(34)18-37(15-19)33(41)24-10-11-27-20(2)32(36-39(27)17-24)29-14-23-9-8-22(26-4-3-5-30(40)31(26)35)13-28(23)38(29)16-21-6-7-21/h3-5,8-11,13-14,17,19,21,25,40H,6-7,12,15-16,18H2,1-2H3/t19-,25-/m1/s1. The van der Waals surface area contributed by atoms with Gasteiger partial charge < -0.3 is 14.6 Å². The lowest BCUT2D eigenvalue weighted by Crippen LogP contribution is -2.44. The van der Waals surface area contributed by atoms with E-state index in [4.69, 9.17) is 5.10 Å². The molecule has 0 radical (unpaired) electrons. The number of phenolic OH excluding ortho intramolecular Hbond substituents is 1. The fourth-order valence-electron chi connectivity index (χ4n) is 6.28. The molecule has 7 rings (SSSR count). The first-order chi connectivity index (χ1) is 19.8. The van der Waals surface area contributed by atoms with Crippen LogP contribution in [-0.4, -0.2) is 49.4 Å². The highest BCUT2D eigenvalue weighted by atomic mass is 19.1. The summed E-state index contributed by atoms with van der Waals surface area (Å²) in [4.78, 5) is 14.9. The molecule has 8 heteroatoms. The highest BCUT2D eigenvalue weighted by Crippen LogP contribution is 2.39. The lowest BCUT2D eigenvalue weighted by atomic mass is 9.98. The van der Waals surface area contributed by atoms with E-state index in [-0.39, 0.29) is 24.1 Å². The van der Waals surface area contributed by atoms with Gasteiger partial charge in [0.2, 0.25) is 0 Å². The first-order valence-corrected chi connectivity index (χ1v) is 14.3. The van der Waals surface area contributed by atoms with E-state index in [1.807, 2.05) is 38.1 Å². The van der Waals surface area contributed by atoms with Gasteiger partial charge in [-0.3, -0.25) is 4.79 Å². The Morgan fingerprint density at radius 2 is 1.90 bits per heavy atom. The molecule has 1 N–H and O–H groups in total. The molecule has 41 heavy (non-hydrogen) atoms. The summed E-state index contributed by atoms with van der Waals surface area (Å²) < 4.78 is 33.0. The molecule has 1 saturated carbocycles. The molecule has 1 aliphatic heterocycles. The molecule has 5 aromatic rings. The average Bonchev–Trinajstić information content (AvgIpc) is 3.63. The van der Waals surface area contributed by atoms with Crippen LogP contribution in [0.4, 0.5) is 8.78 Å². The van der Waals surface area contributed by atoms with Crippen LogP contribution in [0, 0.1) is 24.6 Å². The van der Waals surface area contributed by atoms with Crippen LogP contribution in [0.25, 0.3) is 38.9 Å². The number of piperidine rings is 1. The number of aromatic hydroxyl groups is 1. The fraction of sp³-hybridized carbons (Fsp3) is 0.333. The first-order valence-electron chi connectivity index (χ1n) is 14.3. The minimum atomic E-state index is -0.997. The summed E-state index contributed by atoms with van der Waals surface area (Å²) in [6.07, 6.45) is 3.58. The number of likely N-dealkylation sites (tertiary alicyclic amines) is 1. The smallest absolute Gasteiger partial charge is 0.255 e. The van der Waals surface area contributed by atoms with E-state index < -0.39 is 12.0 Å². The maximum absolute atomic E-state index is 14.8. The Balaban J connectivity index is 1.31. The summed E-state index contributed by atoms with van der Waals surface area (Å²) in [5.41, 5.74) is 6.23. The lowest BCUT2D eigenvalue weighted by molar-refractivity contribution is 0.0555. The number of halogens is 2. The van der Waals surface area contributed by atoms with E-state index in [1.54, 1.807) is 33.8 Å². The molecule has 2 aliphatic rings. The summed E-state index contributed by atoms with van der Waals surface area (Å²) in [6.45, 7) is 5.52. The number of amides is 1. The number of alkyl halides is 1. The van der Waals surface area contributed by atoms with Crippen molar-refractivity contribution in [1.29, 1.82) is 0 Å². The van der Waals surface area contributed by atoms with Crippen molar-refractivity contribution in [2.45, 2.75) is 45.8 Å². The number of carbonyl (C=O) groups is 1. The second kappa shape index (κ2) is 9.72. The van der Waals surface area contributed by atoms with Gasteiger partial charge in [0.15, 0.2) is 11.6 Å². The molecular formula is C33H32F2N4O2. The molecule has 1 saturated heterocycles. The number of phenols is 1. The predicted octanol–water partition coefficient (Wildman–Crippen LogP) is 7.01. The van der Waals surface area contributed by atoms with Crippen molar-refractivity contribution < 1.29 is 18.7 Å². The van der Waals surface area contributed by atoms with Crippen molar-refractivity contribution in [2.24, 2.45) is 11.8 Å². The van der Waals surface area contributed by atoms with E-state index >= 15 is 0 Å². The molecule has 1 aliphatic carbocycles. The number of hydrogen-bond acceptors (Lipinski definition) is 3. The molecule has 2 atom stereocenters. The van der Waals surface area contributed by atoms with E-state index in [1.165, 1.54) is 18.9 Å². The number of rotatable bonds is 5. The normalized spacial score (nSPS) is 19.4. The van der Waals surface area contributed by atoms with Crippen molar-refractivity contribution in [3.63, 3.8) is 0 Å². The van der Waals surface area contributed by atoms with Gasteiger partial charge >= 0.3 is 0 Å². The molecule has 2 aromatic carbocycles. The van der Waals surface area contributed by atoms with E-state index in [0.29, 0.717) is 35.6 Å². The maximum Gasteiger partial charge on any atom is 0.255 e. The SMILES string of the molecule is Cc1c(-c2cc3ccc(-c4cccc(O)c4F)cc3n2CC2CC2)nn2cc(C(=O)N3C[C@H](C)C[C@@H](F)C3)ccc12. The van der Waals surface area contributed by atoms with Gasteiger partial charge in [0, 0.05) is 41.3 Å². The summed E-state index contributed by atoms with van der Waals surface area (Å²) >= 11 is 0. The van der Waals surface area contributed by atoms with Gasteiger partial charge in [-0.15, -0.1) is 0 Å². The molecule has 0 unspecified atom stereocenters. The van der Waals surface area contributed by atoms with Crippen molar-refractivity contribution in [3.8, 4) is 28.3 Å². The second-order valence-electron chi connectivity index (χ2n) is 11.9. The molecule has 4 heterocycles. The molecule has 210 valence electrons. The van der Waals surface area contributed by atoms with E-state index in [2.05, 4.69) is 10.6 Å². The number of hydrogen-bond donors (Lipinski definition) is 1. The van der Waals surface area contributed by atoms with Gasteiger partial charge in [0.25, 0.3) is 5.91 Å². The zero-order chi connectivity index (χ0) is 28.4. The van der Waals surface area contributed by atoms with Crippen molar-refractivity contribution in [1.82, 2.24) is 19.1 Å². The number of pyridine rings is 1. The van der Waals surface area contributed by atoms with Crippen LogP contribution < -0.4 is 0 Å². The molecule has 0 spiro atoms. The van der Waals surface area contributed by atoms with Crippen LogP contribution in [0.5, 0.6) is 5.75 Å². The van der Waals surface area contributed by atoms with Crippen LogP contribution in [-0.2, 0) is 6.54 Å². The molecular weight excluding hydrogens is 522 g/mol. The minimum Gasteiger partial charge on any atom is -0.505 e. The number of nitrogens with zero attached hydrogens (tertiary/aromatic N) is 4. The van der Waals surface area contributed by atoms with Gasteiger partial charge in [0.05, 0.1) is 23.3 Å². The summed E-state index contributed by atoms with van der Waals surface area (Å²) in [5.74, 6) is -0.462. The Labute approximate surface area is 236 Å². The molecule has 6 nitrogen and oxygen atoms in total. The zero-order valence-corrected chi connectivity index (χ0v) is 23.1. The largest absolute Gasteiger partial charge is 0.505 e. The molecule has 2 fully saturated rings. The highest BCUT2D eigenvalue weighted by molar-refractivity contribution is 5.95. The van der Waals surface area contributed by atoms with Crippen LogP contribution in [0.1, 0.15) is 42.1 Å². The Morgan fingerprint density at radius 3 is 2.68 bits per heavy atom. The van der Waals surface area contributed by atoms with E-state index in [9.17, 15) is 18.7 Å². The lowest BCUT2D eigenvalue weighted by Gasteiger charge is -2.33. The number of benzene rings is 2. The van der Waals surface area contributed by atoms with Gasteiger partial charge in [-0.05, 0) is 73.9 Å². The first kappa shape index (κ1) is 25.7. The topological polar surface area (TPSA) is 62.8 Å². The van der Waals surface area contributed by atoms with Crippen LogP contribution in [0.15, 0.2) is 60.8 Å². The summed E-state index contributed by atoms with van der Waals surface area (Å²) in [6, 6.07) is 16.4. The Hall–Kier alpha value is -4.20. The average molecular weight is 555 g/mol. The van der Waals surface area contributed by atoms with Crippen LogP contribution in [0.3, 0.4) is 0 Å². The monoisotopic (exact) mass is 554 g/mol. The number of carbonyl (C=O) groups excluding carboxylic acids is 1. The highest BCUT2D eigenvalue weighted by Gasteiger charge is 2.29. The Bertz CT molecular complexity index is 1810. The van der Waals surface area contributed by atoms with Gasteiger partial charge in [-0.2, -0.15) is 5.10 Å². The molecule has 3 aromatic heterocycles. The third-order valence-electron chi connectivity index (χ3n) is 8.59. The number of aromatic nitrogens is 3. The van der Waals surface area contributed by atoms with Crippen LogP contribution >= 0.6 is 0 Å². The van der Waals surface area contributed by atoms with Crippen LogP contribution in [0.2, 0.25) is 0 Å². The molecule has 1 amide bonds.